The van der Waals surface area contributed by atoms with Crippen LogP contribution in [0.5, 0.6) is 0 Å². The Hall–Kier alpha value is 0.390. The Balaban J connectivity index is 3.42. The average molecular weight is 541 g/mol. The van der Waals surface area contributed by atoms with Crippen molar-refractivity contribution in [3.63, 3.8) is 0 Å². The van der Waals surface area contributed by atoms with Gasteiger partial charge >= 0.3 is 0 Å². The van der Waals surface area contributed by atoms with Gasteiger partial charge in [0.15, 0.2) is 0 Å². The van der Waals surface area contributed by atoms with Crippen LogP contribution in [0.15, 0.2) is 0 Å². The minimum atomic E-state index is 0.187. The summed E-state index contributed by atoms with van der Waals surface area (Å²) in [4.78, 5) is 13.0. The van der Waals surface area contributed by atoms with Gasteiger partial charge in [0.25, 0.3) is 0 Å². The summed E-state index contributed by atoms with van der Waals surface area (Å²) in [5, 5.41) is 2.99. The van der Waals surface area contributed by atoms with E-state index in [2.05, 4.69) is 44.1 Å². The minimum absolute atomic E-state index is 0.187. The van der Waals surface area contributed by atoms with Gasteiger partial charge in [0, 0.05) is 29.2 Å². The normalized spacial score (nSPS) is 13.6. The third-order valence-corrected chi connectivity index (χ3v) is 8.11. The molecule has 0 rings (SSSR count). The molecule has 1 amide bonds. The fourth-order valence-electron chi connectivity index (χ4n) is 3.34. The lowest BCUT2D eigenvalue weighted by Gasteiger charge is -2.16. The SMILES string of the molecule is CCCCCCCC[C@H](Br)[C@H](Br)CCCCCCCC(=O)NCCCOC(C)C. The second-order valence-corrected chi connectivity index (χ2v) is 10.9. The molecule has 0 aliphatic carbocycles. The van der Waals surface area contributed by atoms with Crippen molar-refractivity contribution in [2.45, 2.75) is 133 Å². The maximum absolute atomic E-state index is 11.8. The largest absolute Gasteiger partial charge is 0.379 e. The summed E-state index contributed by atoms with van der Waals surface area (Å²) >= 11 is 7.75. The Morgan fingerprint density at radius 1 is 0.793 bits per heavy atom. The number of unbranched alkanes of at least 4 members (excludes halogenated alkanes) is 9. The van der Waals surface area contributed by atoms with Gasteiger partial charge in [-0.05, 0) is 39.5 Å². The van der Waals surface area contributed by atoms with E-state index in [4.69, 9.17) is 4.74 Å². The van der Waals surface area contributed by atoms with Crippen LogP contribution in [0.1, 0.15) is 117 Å². The van der Waals surface area contributed by atoms with E-state index in [0.717, 1.165) is 32.4 Å². The fraction of sp³-hybridized carbons (Fsp3) is 0.958. The third kappa shape index (κ3) is 21.4. The van der Waals surface area contributed by atoms with Crippen LogP contribution in [0.2, 0.25) is 0 Å². The van der Waals surface area contributed by atoms with Gasteiger partial charge in [-0.3, -0.25) is 4.79 Å². The summed E-state index contributed by atoms with van der Waals surface area (Å²) in [6, 6.07) is 0. The van der Waals surface area contributed by atoms with Crippen molar-refractivity contribution >= 4 is 37.8 Å². The van der Waals surface area contributed by atoms with Crippen LogP contribution >= 0.6 is 31.9 Å². The van der Waals surface area contributed by atoms with E-state index in [1.54, 1.807) is 0 Å². The Morgan fingerprint density at radius 2 is 1.31 bits per heavy atom. The molecule has 174 valence electrons. The first-order valence-corrected chi connectivity index (χ1v) is 14.0. The molecule has 1 N–H and O–H groups in total. The number of carbonyl (C=O) groups excluding carboxylic acids is 1. The lowest BCUT2D eigenvalue weighted by molar-refractivity contribution is -0.121. The molecule has 29 heavy (non-hydrogen) atoms. The molecule has 0 aliphatic rings. The van der Waals surface area contributed by atoms with Gasteiger partial charge in [0.05, 0.1) is 6.10 Å². The molecule has 3 nitrogen and oxygen atoms in total. The van der Waals surface area contributed by atoms with Crippen LogP contribution in [0.25, 0.3) is 0 Å². The standard InChI is InChI=1S/C24H47Br2NO2/c1-4-5-6-7-9-12-16-22(25)23(26)17-13-10-8-11-14-18-24(28)27-19-15-20-29-21(2)3/h21-23H,4-20H2,1-3H3,(H,27,28)/t22-,23+/m0/s1. The van der Waals surface area contributed by atoms with Gasteiger partial charge in [-0.1, -0.05) is 103 Å². The van der Waals surface area contributed by atoms with E-state index in [0.29, 0.717) is 16.1 Å². The van der Waals surface area contributed by atoms with E-state index in [-0.39, 0.29) is 12.0 Å². The zero-order chi connectivity index (χ0) is 21.7. The molecule has 0 spiro atoms. The van der Waals surface area contributed by atoms with Crippen LogP contribution in [0.3, 0.4) is 0 Å². The average Bonchev–Trinajstić information content (AvgIpc) is 2.68. The monoisotopic (exact) mass is 539 g/mol. The molecule has 0 heterocycles. The maximum atomic E-state index is 11.8. The highest BCUT2D eigenvalue weighted by molar-refractivity contribution is 9.12. The fourth-order valence-corrected chi connectivity index (χ4v) is 4.52. The van der Waals surface area contributed by atoms with Crippen molar-refractivity contribution in [2.75, 3.05) is 13.2 Å². The number of alkyl halides is 2. The molecule has 0 bridgehead atoms. The molecule has 0 aromatic carbocycles. The van der Waals surface area contributed by atoms with Gasteiger partial charge < -0.3 is 10.1 Å². The van der Waals surface area contributed by atoms with E-state index in [1.165, 1.54) is 70.6 Å². The number of hydrogen-bond donors (Lipinski definition) is 1. The lowest BCUT2D eigenvalue weighted by Crippen LogP contribution is -2.25. The quantitative estimate of drug-likeness (QED) is 0.118. The van der Waals surface area contributed by atoms with Crippen molar-refractivity contribution in [3.05, 3.63) is 0 Å². The summed E-state index contributed by atoms with van der Waals surface area (Å²) in [5.41, 5.74) is 0. The molecule has 2 atom stereocenters. The zero-order valence-electron chi connectivity index (χ0n) is 19.3. The molecule has 5 heteroatoms. The van der Waals surface area contributed by atoms with E-state index in [9.17, 15) is 4.79 Å². The van der Waals surface area contributed by atoms with E-state index < -0.39 is 0 Å². The summed E-state index contributed by atoms with van der Waals surface area (Å²) < 4.78 is 5.47. The van der Waals surface area contributed by atoms with Crippen molar-refractivity contribution in [3.8, 4) is 0 Å². The van der Waals surface area contributed by atoms with Gasteiger partial charge in [-0.25, -0.2) is 0 Å². The first-order valence-electron chi connectivity index (χ1n) is 12.1. The summed E-state index contributed by atoms with van der Waals surface area (Å²) in [6.45, 7) is 7.79. The number of amides is 1. The Labute approximate surface area is 198 Å². The molecular weight excluding hydrogens is 494 g/mol. The predicted octanol–water partition coefficient (Wildman–Crippen LogP) is 7.93. The van der Waals surface area contributed by atoms with Crippen LogP contribution in [0, 0.1) is 0 Å². The van der Waals surface area contributed by atoms with Crippen molar-refractivity contribution in [1.82, 2.24) is 5.32 Å². The summed E-state index contributed by atoms with van der Waals surface area (Å²) in [7, 11) is 0. The molecule has 0 saturated heterocycles. The number of ether oxygens (including phenoxy) is 1. The van der Waals surface area contributed by atoms with Gasteiger partial charge in [-0.15, -0.1) is 0 Å². The van der Waals surface area contributed by atoms with Crippen molar-refractivity contribution in [2.24, 2.45) is 0 Å². The molecule has 0 aromatic heterocycles. The third-order valence-electron chi connectivity index (χ3n) is 5.20. The Morgan fingerprint density at radius 3 is 1.86 bits per heavy atom. The number of nitrogens with one attached hydrogen (secondary N) is 1. The maximum Gasteiger partial charge on any atom is 0.219 e. The number of rotatable bonds is 21. The molecule has 0 saturated carbocycles. The van der Waals surface area contributed by atoms with Crippen molar-refractivity contribution < 1.29 is 9.53 Å². The minimum Gasteiger partial charge on any atom is -0.379 e. The molecular formula is C24H47Br2NO2. The van der Waals surface area contributed by atoms with E-state index in [1.807, 2.05) is 13.8 Å². The second kappa shape index (κ2) is 21.6. The first kappa shape index (κ1) is 29.4. The molecule has 0 aliphatic heterocycles. The Bertz CT molecular complexity index is 367. The molecule has 0 aromatic rings. The second-order valence-electron chi connectivity index (χ2n) is 8.52. The molecule has 0 radical (unpaired) electrons. The first-order chi connectivity index (χ1) is 14.0. The molecule has 0 unspecified atom stereocenters. The van der Waals surface area contributed by atoms with Crippen molar-refractivity contribution in [1.29, 1.82) is 0 Å². The van der Waals surface area contributed by atoms with Gasteiger partial charge in [0.1, 0.15) is 0 Å². The van der Waals surface area contributed by atoms with Crippen LogP contribution in [-0.2, 0) is 9.53 Å². The zero-order valence-corrected chi connectivity index (χ0v) is 22.5. The van der Waals surface area contributed by atoms with Gasteiger partial charge in [-0.2, -0.15) is 0 Å². The predicted molar refractivity (Wildman–Crippen MR) is 134 cm³/mol. The number of halogens is 2. The summed E-state index contributed by atoms with van der Waals surface area (Å²) in [6.07, 6.45) is 18.5. The highest BCUT2D eigenvalue weighted by Crippen LogP contribution is 2.25. The highest BCUT2D eigenvalue weighted by atomic mass is 79.9. The highest BCUT2D eigenvalue weighted by Gasteiger charge is 2.14. The van der Waals surface area contributed by atoms with Gasteiger partial charge in [0.2, 0.25) is 5.91 Å². The van der Waals surface area contributed by atoms with E-state index >= 15 is 0 Å². The summed E-state index contributed by atoms with van der Waals surface area (Å²) in [5.74, 6) is 0.187. The van der Waals surface area contributed by atoms with Crippen LogP contribution < -0.4 is 5.32 Å². The van der Waals surface area contributed by atoms with Crippen LogP contribution in [0.4, 0.5) is 0 Å². The smallest absolute Gasteiger partial charge is 0.219 e. The lowest BCUT2D eigenvalue weighted by atomic mass is 10.0. The topological polar surface area (TPSA) is 38.3 Å². The van der Waals surface area contributed by atoms with Crippen LogP contribution in [-0.4, -0.2) is 34.8 Å². The molecule has 0 fully saturated rings. The number of carbonyl (C=O) groups is 1. The number of hydrogen-bond acceptors (Lipinski definition) is 2. The Kier molecular flexibility index (Phi) is 21.9.